The summed E-state index contributed by atoms with van der Waals surface area (Å²) in [6.45, 7) is 5.11. The van der Waals surface area contributed by atoms with E-state index < -0.39 is 15.9 Å². The number of anilines is 2. The van der Waals surface area contributed by atoms with Crippen LogP contribution in [0.5, 0.6) is 5.75 Å². The van der Waals surface area contributed by atoms with Crippen LogP contribution in [0.2, 0.25) is 5.02 Å². The first-order chi connectivity index (χ1) is 16.2. The van der Waals surface area contributed by atoms with Gasteiger partial charge in [-0.15, -0.1) is 6.58 Å². The number of halogens is 1. The number of rotatable bonds is 9. The first-order valence-corrected chi connectivity index (χ1v) is 12.0. The minimum Gasteiger partial charge on any atom is -0.497 e. The standard InChI is InChI=1S/C25H23ClN2O5S/c1-4-15-28(20-9-11-21(33-3)12-10-20)34(31,32)22-13-14-24(26)23(16-22)25(30)27-19-7-5-18(6-8-19)17(2)29/h4-14,16H,1,15H2,2-3H3,(H,27,30). The number of methoxy groups -OCH3 is 1. The molecule has 0 radical (unpaired) electrons. The highest BCUT2D eigenvalue weighted by atomic mass is 35.5. The highest BCUT2D eigenvalue weighted by Gasteiger charge is 2.26. The number of carbonyl (C=O) groups is 2. The summed E-state index contributed by atoms with van der Waals surface area (Å²) in [5.41, 5.74) is 1.34. The summed E-state index contributed by atoms with van der Waals surface area (Å²) in [7, 11) is -2.53. The Morgan fingerprint density at radius 2 is 1.71 bits per heavy atom. The molecule has 7 nitrogen and oxygen atoms in total. The molecule has 0 atom stereocenters. The van der Waals surface area contributed by atoms with Crippen molar-refractivity contribution in [2.75, 3.05) is 23.3 Å². The maximum absolute atomic E-state index is 13.5. The van der Waals surface area contributed by atoms with Crippen molar-refractivity contribution in [2.24, 2.45) is 0 Å². The lowest BCUT2D eigenvalue weighted by molar-refractivity contribution is 0.101. The van der Waals surface area contributed by atoms with Gasteiger partial charge in [-0.2, -0.15) is 0 Å². The zero-order chi connectivity index (χ0) is 24.9. The van der Waals surface area contributed by atoms with Gasteiger partial charge < -0.3 is 10.1 Å². The Hall–Kier alpha value is -3.62. The molecule has 0 saturated heterocycles. The molecule has 1 amide bonds. The molecule has 34 heavy (non-hydrogen) atoms. The SMILES string of the molecule is C=CCN(c1ccc(OC)cc1)S(=O)(=O)c1ccc(Cl)c(C(=O)Nc2ccc(C(C)=O)cc2)c1. The van der Waals surface area contributed by atoms with Gasteiger partial charge in [0.2, 0.25) is 0 Å². The Labute approximate surface area is 203 Å². The summed E-state index contributed by atoms with van der Waals surface area (Å²) < 4.78 is 33.2. The lowest BCUT2D eigenvalue weighted by Gasteiger charge is -2.23. The van der Waals surface area contributed by atoms with Crippen LogP contribution in [0.1, 0.15) is 27.6 Å². The van der Waals surface area contributed by atoms with Crippen LogP contribution in [0.3, 0.4) is 0 Å². The fourth-order valence-corrected chi connectivity index (χ4v) is 4.83. The zero-order valence-corrected chi connectivity index (χ0v) is 20.2. The molecule has 0 fully saturated rings. The second-order valence-corrected chi connectivity index (χ2v) is 9.52. The van der Waals surface area contributed by atoms with E-state index >= 15 is 0 Å². The second-order valence-electron chi connectivity index (χ2n) is 7.25. The number of hydrogen-bond donors (Lipinski definition) is 1. The smallest absolute Gasteiger partial charge is 0.264 e. The molecule has 176 valence electrons. The number of Topliss-reactive ketones (excluding diaryl/α,β-unsaturated/α-hetero) is 1. The molecule has 0 bridgehead atoms. The fourth-order valence-electron chi connectivity index (χ4n) is 3.16. The Morgan fingerprint density at radius 3 is 2.26 bits per heavy atom. The van der Waals surface area contributed by atoms with E-state index in [2.05, 4.69) is 11.9 Å². The lowest BCUT2D eigenvalue weighted by Crippen LogP contribution is -2.31. The average molecular weight is 499 g/mol. The van der Waals surface area contributed by atoms with Gasteiger partial charge in [-0.25, -0.2) is 8.42 Å². The third kappa shape index (κ3) is 5.47. The summed E-state index contributed by atoms with van der Waals surface area (Å²) in [6, 6.07) is 16.8. The van der Waals surface area contributed by atoms with Gasteiger partial charge in [0.1, 0.15) is 5.75 Å². The van der Waals surface area contributed by atoms with Crippen LogP contribution in [0.15, 0.2) is 84.3 Å². The highest BCUT2D eigenvalue weighted by Crippen LogP contribution is 2.28. The molecule has 0 aliphatic carbocycles. The van der Waals surface area contributed by atoms with Crippen molar-refractivity contribution in [3.8, 4) is 5.75 Å². The molecule has 0 spiro atoms. The quantitative estimate of drug-likeness (QED) is 0.324. The summed E-state index contributed by atoms with van der Waals surface area (Å²) >= 11 is 6.22. The number of carbonyl (C=O) groups excluding carboxylic acids is 2. The predicted octanol–water partition coefficient (Wildman–Crippen LogP) is 5.18. The van der Waals surface area contributed by atoms with E-state index in [-0.39, 0.29) is 27.8 Å². The third-order valence-corrected chi connectivity index (χ3v) is 7.09. The van der Waals surface area contributed by atoms with Crippen molar-refractivity contribution >= 4 is 44.7 Å². The van der Waals surface area contributed by atoms with Crippen LogP contribution < -0.4 is 14.4 Å². The van der Waals surface area contributed by atoms with Crippen molar-refractivity contribution in [1.82, 2.24) is 0 Å². The molecule has 0 aliphatic rings. The van der Waals surface area contributed by atoms with Crippen LogP contribution in [-0.2, 0) is 10.0 Å². The fraction of sp³-hybridized carbons (Fsp3) is 0.120. The Morgan fingerprint density at radius 1 is 1.06 bits per heavy atom. The molecule has 0 aromatic heterocycles. The van der Waals surface area contributed by atoms with Crippen LogP contribution >= 0.6 is 11.6 Å². The van der Waals surface area contributed by atoms with Crippen LogP contribution in [0.25, 0.3) is 0 Å². The van der Waals surface area contributed by atoms with Gasteiger partial charge in [0.05, 0.1) is 34.8 Å². The van der Waals surface area contributed by atoms with Crippen molar-refractivity contribution in [3.63, 3.8) is 0 Å². The van der Waals surface area contributed by atoms with E-state index in [1.165, 1.54) is 42.6 Å². The molecule has 0 unspecified atom stereocenters. The minimum atomic E-state index is -4.05. The van der Waals surface area contributed by atoms with E-state index in [0.717, 1.165) is 0 Å². The molecule has 0 saturated carbocycles. The van der Waals surface area contributed by atoms with Gasteiger partial charge >= 0.3 is 0 Å². The van der Waals surface area contributed by atoms with Crippen molar-refractivity contribution in [3.05, 3.63) is 95.5 Å². The largest absolute Gasteiger partial charge is 0.497 e. The number of ketones is 1. The van der Waals surface area contributed by atoms with E-state index in [1.54, 1.807) is 48.5 Å². The first-order valence-electron chi connectivity index (χ1n) is 10.2. The second kappa shape index (κ2) is 10.5. The maximum atomic E-state index is 13.5. The van der Waals surface area contributed by atoms with Crippen LogP contribution in [-0.4, -0.2) is 33.8 Å². The van der Waals surface area contributed by atoms with Crippen molar-refractivity contribution in [1.29, 1.82) is 0 Å². The molecular formula is C25H23ClN2O5S. The number of sulfonamides is 1. The molecule has 1 N–H and O–H groups in total. The summed E-state index contributed by atoms with van der Waals surface area (Å²) in [4.78, 5) is 24.2. The number of nitrogens with zero attached hydrogens (tertiary/aromatic N) is 1. The zero-order valence-electron chi connectivity index (χ0n) is 18.6. The Bertz CT molecular complexity index is 1320. The van der Waals surface area contributed by atoms with Gasteiger partial charge in [-0.05, 0) is 73.7 Å². The topological polar surface area (TPSA) is 92.8 Å². The van der Waals surface area contributed by atoms with E-state index in [9.17, 15) is 18.0 Å². The normalized spacial score (nSPS) is 10.9. The molecular weight excluding hydrogens is 476 g/mol. The summed E-state index contributed by atoms with van der Waals surface area (Å²) in [5.74, 6) is -0.0985. The summed E-state index contributed by atoms with van der Waals surface area (Å²) in [5, 5.41) is 2.76. The van der Waals surface area contributed by atoms with Crippen LogP contribution in [0, 0.1) is 0 Å². The number of hydrogen-bond acceptors (Lipinski definition) is 5. The van der Waals surface area contributed by atoms with E-state index in [1.807, 2.05) is 0 Å². The monoisotopic (exact) mass is 498 g/mol. The van der Waals surface area contributed by atoms with Gasteiger partial charge in [0.15, 0.2) is 5.78 Å². The molecule has 3 rings (SSSR count). The number of ether oxygens (including phenoxy) is 1. The highest BCUT2D eigenvalue weighted by molar-refractivity contribution is 7.92. The van der Waals surface area contributed by atoms with Crippen molar-refractivity contribution < 1.29 is 22.7 Å². The Balaban J connectivity index is 1.93. The lowest BCUT2D eigenvalue weighted by atomic mass is 10.1. The average Bonchev–Trinajstić information content (AvgIpc) is 2.83. The van der Waals surface area contributed by atoms with E-state index in [4.69, 9.17) is 16.3 Å². The van der Waals surface area contributed by atoms with Crippen LogP contribution in [0.4, 0.5) is 11.4 Å². The van der Waals surface area contributed by atoms with Gasteiger partial charge in [0, 0.05) is 11.3 Å². The predicted molar refractivity (Wildman–Crippen MR) is 134 cm³/mol. The summed E-state index contributed by atoms with van der Waals surface area (Å²) in [6.07, 6.45) is 1.47. The van der Waals surface area contributed by atoms with Gasteiger partial charge in [0.25, 0.3) is 15.9 Å². The number of nitrogens with one attached hydrogen (secondary N) is 1. The Kier molecular flexibility index (Phi) is 7.75. The van der Waals surface area contributed by atoms with Crippen molar-refractivity contribution in [2.45, 2.75) is 11.8 Å². The molecule has 0 aliphatic heterocycles. The van der Waals surface area contributed by atoms with Gasteiger partial charge in [-0.3, -0.25) is 13.9 Å². The minimum absolute atomic E-state index is 0.00771. The molecule has 3 aromatic carbocycles. The molecule has 3 aromatic rings. The molecule has 0 heterocycles. The van der Waals surface area contributed by atoms with Gasteiger partial charge in [-0.1, -0.05) is 17.7 Å². The first kappa shape index (κ1) is 25.0. The number of benzene rings is 3. The maximum Gasteiger partial charge on any atom is 0.264 e. The number of amides is 1. The van der Waals surface area contributed by atoms with E-state index in [0.29, 0.717) is 22.7 Å². The third-order valence-electron chi connectivity index (χ3n) is 4.98. The molecule has 9 heteroatoms.